The van der Waals surface area contributed by atoms with E-state index < -0.39 is 0 Å². The first kappa shape index (κ1) is 42.6. The Bertz CT molecular complexity index is 5640. The van der Waals surface area contributed by atoms with Gasteiger partial charge in [-0.3, -0.25) is 0 Å². The van der Waals surface area contributed by atoms with Crippen LogP contribution in [-0.4, -0.2) is 9.13 Å². The first-order valence-electron chi connectivity index (χ1n) is 27.9. The zero-order valence-corrected chi connectivity index (χ0v) is 43.3. The van der Waals surface area contributed by atoms with E-state index in [-0.39, 0.29) is 0 Å². The van der Waals surface area contributed by atoms with Crippen LogP contribution in [0.3, 0.4) is 0 Å². The number of rotatable bonds is 4. The quantitative estimate of drug-likeness (QED) is 0.156. The van der Waals surface area contributed by atoms with Gasteiger partial charge >= 0.3 is 0 Å². The van der Waals surface area contributed by atoms with Gasteiger partial charge in [-0.15, -0.1) is 0 Å². The summed E-state index contributed by atoms with van der Waals surface area (Å²) in [5, 5.41) is 20.7. The van der Waals surface area contributed by atoms with Gasteiger partial charge < -0.3 is 9.13 Å². The summed E-state index contributed by atoms with van der Waals surface area (Å²) in [5.74, 6) is 0. The van der Waals surface area contributed by atoms with Crippen LogP contribution in [0, 0.1) is 0 Å². The average Bonchev–Trinajstić information content (AvgIpc) is 4.19. The molecule has 2 aliphatic carbocycles. The number of aromatic nitrogens is 2. The molecule has 0 amide bonds. The third-order valence-electron chi connectivity index (χ3n) is 18.3. The highest BCUT2D eigenvalue weighted by molar-refractivity contribution is 6.37. The van der Waals surface area contributed by atoms with Crippen molar-refractivity contribution < 1.29 is 0 Å². The summed E-state index contributed by atoms with van der Waals surface area (Å²) in [6.07, 6.45) is 0. The third kappa shape index (κ3) is 5.47. The van der Waals surface area contributed by atoms with Crippen molar-refractivity contribution in [3.63, 3.8) is 0 Å². The van der Waals surface area contributed by atoms with E-state index in [1.54, 1.807) is 0 Å². The van der Waals surface area contributed by atoms with E-state index in [0.29, 0.717) is 0 Å². The second-order valence-corrected chi connectivity index (χ2v) is 22.2. The van der Waals surface area contributed by atoms with Crippen LogP contribution in [0.4, 0.5) is 0 Å². The molecule has 2 heterocycles. The Hall–Kier alpha value is -10.5. The average molecular weight is 1010 g/mol. The van der Waals surface area contributed by atoms with Crippen LogP contribution in [-0.2, 0) is 0 Å². The van der Waals surface area contributed by atoms with E-state index in [9.17, 15) is 0 Å². The van der Waals surface area contributed by atoms with E-state index in [4.69, 9.17) is 0 Å². The molecular weight excluding hydrogens is 965 g/mol. The molecule has 2 aliphatic rings. The van der Waals surface area contributed by atoms with E-state index in [0.717, 1.165) is 11.4 Å². The minimum Gasteiger partial charge on any atom is -0.309 e. The van der Waals surface area contributed by atoms with Crippen molar-refractivity contribution in [1.82, 2.24) is 9.13 Å². The summed E-state index contributed by atoms with van der Waals surface area (Å²) in [5.41, 5.74) is 22.4. The van der Waals surface area contributed by atoms with Gasteiger partial charge in [0, 0.05) is 32.9 Å². The molecule has 0 saturated heterocycles. The molecular formula is C78H44N2. The van der Waals surface area contributed by atoms with Crippen LogP contribution in [0.2, 0.25) is 0 Å². The zero-order valence-electron chi connectivity index (χ0n) is 43.3. The molecule has 366 valence electrons. The number of hydrogen-bond acceptors (Lipinski definition) is 0. The van der Waals surface area contributed by atoms with E-state index >= 15 is 0 Å². The smallest absolute Gasteiger partial charge is 0.0548 e. The fourth-order valence-electron chi connectivity index (χ4n) is 15.1. The van der Waals surface area contributed by atoms with Gasteiger partial charge in [0.1, 0.15) is 0 Å². The topological polar surface area (TPSA) is 9.86 Å². The fraction of sp³-hybridized carbons (Fsp3) is 0. The molecule has 0 unspecified atom stereocenters. The van der Waals surface area contributed by atoms with Gasteiger partial charge in [0.2, 0.25) is 0 Å². The molecule has 17 aromatic rings. The van der Waals surface area contributed by atoms with Crippen LogP contribution in [0.25, 0.3) is 186 Å². The lowest BCUT2D eigenvalue weighted by Gasteiger charge is -2.20. The third-order valence-corrected chi connectivity index (χ3v) is 18.3. The molecule has 80 heavy (non-hydrogen) atoms. The molecule has 0 radical (unpaired) electrons. The molecule has 2 nitrogen and oxygen atoms in total. The Morgan fingerprint density at radius 3 is 1.12 bits per heavy atom. The van der Waals surface area contributed by atoms with Gasteiger partial charge in [-0.1, -0.05) is 212 Å². The number of hydrogen-bond donors (Lipinski definition) is 0. The first-order chi connectivity index (χ1) is 39.7. The number of fused-ring (bicyclic) bond motifs is 16. The largest absolute Gasteiger partial charge is 0.309 e. The lowest BCUT2D eigenvalue weighted by atomic mass is 9.84. The molecule has 19 rings (SSSR count). The second kappa shape index (κ2) is 15.6. The van der Waals surface area contributed by atoms with Crippen molar-refractivity contribution in [3.05, 3.63) is 267 Å². The van der Waals surface area contributed by atoms with Crippen LogP contribution in [0.15, 0.2) is 267 Å². The van der Waals surface area contributed by atoms with Crippen LogP contribution in [0.1, 0.15) is 0 Å². The molecule has 0 spiro atoms. The maximum Gasteiger partial charge on any atom is 0.0548 e. The minimum atomic E-state index is 1.15. The summed E-state index contributed by atoms with van der Waals surface area (Å²) in [7, 11) is 0. The Balaban J connectivity index is 0.801. The lowest BCUT2D eigenvalue weighted by Crippen LogP contribution is -1.96. The van der Waals surface area contributed by atoms with Crippen LogP contribution in [0.5, 0.6) is 0 Å². The second-order valence-electron chi connectivity index (χ2n) is 22.2. The fourth-order valence-corrected chi connectivity index (χ4v) is 15.1. The predicted molar refractivity (Wildman–Crippen MR) is 340 cm³/mol. The lowest BCUT2D eigenvalue weighted by molar-refractivity contribution is 1.18. The Morgan fingerprint density at radius 2 is 0.575 bits per heavy atom. The number of nitrogens with zero attached hydrogens (tertiary/aromatic N) is 2. The monoisotopic (exact) mass is 1010 g/mol. The standard InChI is InChI=1S/C78H44N2/c1-2-15-45(16-3-1)49-19-10-20-52(43-49)80-66-32-14-30-63-73-58-26-9-6-23-55(58)64-44-50(35-40-59(64)74(73)61-28-12-18-48-37-42-68(80)78(70(48)61)76(63)66)46-33-38-51(39-34-46)79-65-31-13-29-62-72-57-25-8-5-22-54(57)53-21-4-7-24-56(53)71(72)60-27-11-17-47-36-41-67(79)77(69(47)60)75(62)65/h1-44H. The van der Waals surface area contributed by atoms with Gasteiger partial charge in [-0.05, 0) is 186 Å². The SMILES string of the molecule is c1ccc(-c2cccc(-n3c4cccc5c4c4c6c(cccc6ccc43)-c3c-5c4ccccc4c4cc(-c5ccc(-n6c7cccc8c7c7c9c(cccc9ccc76)-c6c-8c7ccccc7c7ccccc67)cc5)ccc34)c2)cc1. The van der Waals surface area contributed by atoms with E-state index in [1.165, 1.54) is 175 Å². The van der Waals surface area contributed by atoms with Crippen molar-refractivity contribution >= 4 is 108 Å². The maximum atomic E-state index is 2.51. The molecule has 0 aliphatic heterocycles. The van der Waals surface area contributed by atoms with Crippen molar-refractivity contribution in [2.24, 2.45) is 0 Å². The van der Waals surface area contributed by atoms with Crippen LogP contribution >= 0.6 is 0 Å². The summed E-state index contributed by atoms with van der Waals surface area (Å²) in [6, 6.07) is 101. The minimum absolute atomic E-state index is 1.15. The highest BCUT2D eigenvalue weighted by atomic mass is 15.0. The molecule has 0 bridgehead atoms. The zero-order chi connectivity index (χ0) is 51.9. The Morgan fingerprint density at radius 1 is 0.188 bits per heavy atom. The molecule has 2 aromatic heterocycles. The molecule has 15 aromatic carbocycles. The van der Waals surface area contributed by atoms with Crippen molar-refractivity contribution in [2.75, 3.05) is 0 Å². The first-order valence-corrected chi connectivity index (χ1v) is 27.9. The van der Waals surface area contributed by atoms with Gasteiger partial charge in [0.25, 0.3) is 0 Å². The van der Waals surface area contributed by atoms with Gasteiger partial charge in [0.05, 0.1) is 22.1 Å². The van der Waals surface area contributed by atoms with Gasteiger partial charge in [0.15, 0.2) is 0 Å². The highest BCUT2D eigenvalue weighted by Gasteiger charge is 2.30. The van der Waals surface area contributed by atoms with Gasteiger partial charge in [-0.25, -0.2) is 0 Å². The summed E-state index contributed by atoms with van der Waals surface area (Å²) < 4.78 is 5.01. The summed E-state index contributed by atoms with van der Waals surface area (Å²) >= 11 is 0. The summed E-state index contributed by atoms with van der Waals surface area (Å²) in [6.45, 7) is 0. The maximum absolute atomic E-state index is 2.51. The number of benzene rings is 15. The van der Waals surface area contributed by atoms with Crippen molar-refractivity contribution in [2.45, 2.75) is 0 Å². The van der Waals surface area contributed by atoms with E-state index in [2.05, 4.69) is 276 Å². The van der Waals surface area contributed by atoms with E-state index in [1.807, 2.05) is 0 Å². The molecule has 0 fully saturated rings. The van der Waals surface area contributed by atoms with Crippen molar-refractivity contribution in [3.8, 4) is 78.1 Å². The normalized spacial score (nSPS) is 12.5. The predicted octanol–water partition coefficient (Wildman–Crippen LogP) is 21.4. The molecule has 0 atom stereocenters. The van der Waals surface area contributed by atoms with Gasteiger partial charge in [-0.2, -0.15) is 0 Å². The summed E-state index contributed by atoms with van der Waals surface area (Å²) in [4.78, 5) is 0. The van der Waals surface area contributed by atoms with Crippen molar-refractivity contribution in [1.29, 1.82) is 0 Å². The Kier molecular flexibility index (Phi) is 8.28. The Labute approximate surface area is 459 Å². The molecule has 2 heteroatoms. The highest BCUT2D eigenvalue weighted by Crippen LogP contribution is 2.56. The molecule has 0 N–H and O–H groups in total. The molecule has 0 saturated carbocycles. The van der Waals surface area contributed by atoms with Crippen LogP contribution < -0.4 is 0 Å².